The van der Waals surface area contributed by atoms with Crippen LogP contribution in [0.4, 0.5) is 17.1 Å². The van der Waals surface area contributed by atoms with E-state index < -0.39 is 0 Å². The summed E-state index contributed by atoms with van der Waals surface area (Å²) in [5.74, 6) is 0. The van der Waals surface area contributed by atoms with Crippen LogP contribution in [0.15, 0.2) is 255 Å². The molecular formula is C64H42N2S. The molecule has 2 aromatic heterocycles. The summed E-state index contributed by atoms with van der Waals surface area (Å²) in [5, 5.41) is 7.46. The summed E-state index contributed by atoms with van der Waals surface area (Å²) >= 11 is 1.86. The van der Waals surface area contributed by atoms with Gasteiger partial charge in [-0.2, -0.15) is 0 Å². The molecule has 13 aromatic rings. The molecule has 0 unspecified atom stereocenters. The molecule has 0 N–H and O–H groups in total. The highest BCUT2D eigenvalue weighted by atomic mass is 32.1. The van der Waals surface area contributed by atoms with E-state index in [1.165, 1.54) is 86.1 Å². The predicted octanol–water partition coefficient (Wildman–Crippen LogP) is 18.4. The first-order chi connectivity index (χ1) is 33.3. The lowest BCUT2D eigenvalue weighted by Gasteiger charge is -2.32. The van der Waals surface area contributed by atoms with Crippen molar-refractivity contribution in [2.75, 3.05) is 4.90 Å². The Hall–Kier alpha value is -8.50. The highest BCUT2D eigenvalue weighted by Gasteiger charge is 2.26. The molecule has 0 radical (unpaired) electrons. The Morgan fingerprint density at radius 2 is 0.731 bits per heavy atom. The first-order valence-electron chi connectivity index (χ1n) is 22.9. The molecule has 0 saturated carbocycles. The Morgan fingerprint density at radius 1 is 0.284 bits per heavy atom. The van der Waals surface area contributed by atoms with Crippen LogP contribution in [0.1, 0.15) is 0 Å². The summed E-state index contributed by atoms with van der Waals surface area (Å²) in [6, 6.07) is 93.4. The Morgan fingerprint density at radius 3 is 1.40 bits per heavy atom. The second-order valence-corrected chi connectivity index (χ2v) is 18.2. The Kier molecular flexibility index (Phi) is 9.40. The first-order valence-corrected chi connectivity index (χ1v) is 23.8. The van der Waals surface area contributed by atoms with Crippen LogP contribution in [-0.2, 0) is 0 Å². The minimum atomic E-state index is 1.09. The lowest BCUT2D eigenvalue weighted by Crippen LogP contribution is -2.13. The van der Waals surface area contributed by atoms with Crippen LogP contribution in [0.3, 0.4) is 0 Å². The maximum Gasteiger partial charge on any atom is 0.0547 e. The van der Waals surface area contributed by atoms with Crippen molar-refractivity contribution in [2.45, 2.75) is 0 Å². The molecule has 0 spiro atoms. The van der Waals surface area contributed by atoms with Gasteiger partial charge in [-0.3, -0.25) is 0 Å². The minimum absolute atomic E-state index is 1.09. The molecule has 0 saturated heterocycles. The van der Waals surface area contributed by atoms with Crippen molar-refractivity contribution < 1.29 is 0 Å². The van der Waals surface area contributed by atoms with E-state index in [0.717, 1.165) is 33.9 Å². The third kappa shape index (κ3) is 6.39. The highest BCUT2D eigenvalue weighted by molar-refractivity contribution is 7.25. The third-order valence-electron chi connectivity index (χ3n) is 13.4. The zero-order valence-corrected chi connectivity index (χ0v) is 37.4. The first kappa shape index (κ1) is 38.9. The van der Waals surface area contributed by atoms with Crippen molar-refractivity contribution in [1.29, 1.82) is 0 Å². The van der Waals surface area contributed by atoms with Gasteiger partial charge in [-0.15, -0.1) is 11.3 Å². The summed E-state index contributed by atoms with van der Waals surface area (Å²) in [4.78, 5) is 2.55. The molecule has 314 valence electrons. The molecule has 67 heavy (non-hydrogen) atoms. The number of nitrogens with zero attached hydrogens (tertiary/aromatic N) is 2. The van der Waals surface area contributed by atoms with E-state index in [0.29, 0.717) is 0 Å². The van der Waals surface area contributed by atoms with Crippen LogP contribution < -0.4 is 4.90 Å². The molecule has 2 nitrogen and oxygen atoms in total. The lowest BCUT2D eigenvalue weighted by atomic mass is 9.90. The van der Waals surface area contributed by atoms with Crippen LogP contribution in [0.25, 0.3) is 103 Å². The Bertz CT molecular complexity index is 3990. The largest absolute Gasteiger partial charge is 0.309 e. The fourth-order valence-electron chi connectivity index (χ4n) is 10.6. The number of benzene rings is 11. The van der Waals surface area contributed by atoms with Crippen molar-refractivity contribution >= 4 is 81.1 Å². The summed E-state index contributed by atoms with van der Waals surface area (Å²) in [5.41, 5.74) is 16.3. The quantitative estimate of drug-likeness (QED) is 0.148. The molecule has 0 atom stereocenters. The smallest absolute Gasteiger partial charge is 0.0547 e. The summed E-state index contributed by atoms with van der Waals surface area (Å²) in [6.45, 7) is 0. The molecule has 0 aliphatic rings. The third-order valence-corrected chi connectivity index (χ3v) is 14.5. The van der Waals surface area contributed by atoms with Crippen LogP contribution >= 0.6 is 11.3 Å². The van der Waals surface area contributed by atoms with Crippen molar-refractivity contribution in [3.05, 3.63) is 255 Å². The molecule has 11 aromatic carbocycles. The standard InChI is InChI=1S/C64H42N2S/c1-3-21-43(22-4-1)46-32-17-23-44-24-18-33-50(62(44)46)47-27-7-12-36-55(47)66(57-38-14-9-29-49(57)52-35-20-42-61-64(52)54-31-11-16-41-60(54)67-61)56-37-13-8-28-48(56)51-34-19-40-59-63(51)53-30-10-15-39-58(53)65(59)45-25-5-2-6-26-45/h1-42H. The van der Waals surface area contributed by atoms with Crippen LogP contribution in [0.2, 0.25) is 0 Å². The average Bonchev–Trinajstić information content (AvgIpc) is 3.96. The number of anilines is 3. The van der Waals surface area contributed by atoms with Gasteiger partial charge in [-0.1, -0.05) is 200 Å². The molecule has 3 heteroatoms. The van der Waals surface area contributed by atoms with Gasteiger partial charge < -0.3 is 9.47 Å². The number of thiophene rings is 1. The Labute approximate surface area is 393 Å². The van der Waals surface area contributed by atoms with Gasteiger partial charge in [-0.25, -0.2) is 0 Å². The number of aromatic nitrogens is 1. The zero-order valence-electron chi connectivity index (χ0n) is 36.6. The van der Waals surface area contributed by atoms with E-state index in [1.54, 1.807) is 0 Å². The summed E-state index contributed by atoms with van der Waals surface area (Å²) in [6.07, 6.45) is 0. The maximum absolute atomic E-state index is 2.55. The van der Waals surface area contributed by atoms with Gasteiger partial charge in [0.15, 0.2) is 0 Å². The fraction of sp³-hybridized carbons (Fsp3) is 0. The SMILES string of the molecule is c1ccc(-c2cccc3cccc(-c4ccccc4N(c4ccccc4-c4cccc5sc6ccccc6c45)c4ccccc4-c4cccc5c4c4ccccc4n5-c4ccccc4)c23)cc1. The van der Waals surface area contributed by atoms with Gasteiger partial charge in [0.05, 0.1) is 28.1 Å². The number of rotatable bonds is 8. The lowest BCUT2D eigenvalue weighted by molar-refractivity contribution is 1.18. The second kappa shape index (κ2) is 16.2. The minimum Gasteiger partial charge on any atom is -0.309 e. The van der Waals surface area contributed by atoms with E-state index in [-0.39, 0.29) is 0 Å². The van der Waals surface area contributed by atoms with Gasteiger partial charge in [0.1, 0.15) is 0 Å². The van der Waals surface area contributed by atoms with Crippen molar-refractivity contribution in [2.24, 2.45) is 0 Å². The van der Waals surface area contributed by atoms with Gasteiger partial charge in [-0.05, 0) is 93.2 Å². The van der Waals surface area contributed by atoms with Crippen LogP contribution in [0.5, 0.6) is 0 Å². The summed E-state index contributed by atoms with van der Waals surface area (Å²) < 4.78 is 4.99. The van der Waals surface area contributed by atoms with E-state index in [1.807, 2.05) is 11.3 Å². The Balaban J connectivity index is 1.13. The molecule has 0 fully saturated rings. The van der Waals surface area contributed by atoms with E-state index in [9.17, 15) is 0 Å². The molecule has 13 rings (SSSR count). The normalized spacial score (nSPS) is 11.6. The van der Waals surface area contributed by atoms with Crippen molar-refractivity contribution in [3.63, 3.8) is 0 Å². The molecule has 2 heterocycles. The molecule has 0 aliphatic carbocycles. The zero-order chi connectivity index (χ0) is 44.3. The number of hydrogen-bond donors (Lipinski definition) is 0. The topological polar surface area (TPSA) is 8.17 Å². The van der Waals surface area contributed by atoms with Gasteiger partial charge >= 0.3 is 0 Å². The van der Waals surface area contributed by atoms with Crippen molar-refractivity contribution in [1.82, 2.24) is 4.57 Å². The van der Waals surface area contributed by atoms with Crippen molar-refractivity contribution in [3.8, 4) is 50.2 Å². The molecular weight excluding hydrogens is 829 g/mol. The maximum atomic E-state index is 2.55. The monoisotopic (exact) mass is 870 g/mol. The summed E-state index contributed by atoms with van der Waals surface area (Å²) in [7, 11) is 0. The fourth-order valence-corrected chi connectivity index (χ4v) is 11.7. The average molecular weight is 871 g/mol. The van der Waals surface area contributed by atoms with E-state index in [4.69, 9.17) is 0 Å². The number of hydrogen-bond acceptors (Lipinski definition) is 2. The number of fused-ring (bicyclic) bond motifs is 7. The van der Waals surface area contributed by atoms with E-state index in [2.05, 4.69) is 264 Å². The molecule has 0 amide bonds. The second-order valence-electron chi connectivity index (χ2n) is 17.1. The molecule has 0 bridgehead atoms. The van der Waals surface area contributed by atoms with Crippen LogP contribution in [0, 0.1) is 0 Å². The highest BCUT2D eigenvalue weighted by Crippen LogP contribution is 2.52. The van der Waals surface area contributed by atoms with Gasteiger partial charge in [0.2, 0.25) is 0 Å². The van der Waals surface area contributed by atoms with Gasteiger partial charge in [0, 0.05) is 53.3 Å². The van der Waals surface area contributed by atoms with Crippen LogP contribution in [-0.4, -0.2) is 4.57 Å². The number of para-hydroxylation sites is 5. The predicted molar refractivity (Wildman–Crippen MR) is 288 cm³/mol. The molecule has 0 aliphatic heterocycles. The van der Waals surface area contributed by atoms with Gasteiger partial charge in [0.25, 0.3) is 0 Å². The van der Waals surface area contributed by atoms with E-state index >= 15 is 0 Å².